The van der Waals surface area contributed by atoms with Crippen LogP contribution in [-0.4, -0.2) is 21.6 Å². The van der Waals surface area contributed by atoms with Crippen molar-refractivity contribution in [2.24, 2.45) is 0 Å². The minimum atomic E-state index is -4.50. The van der Waals surface area contributed by atoms with E-state index in [-0.39, 0.29) is 17.8 Å². The number of ketones is 1. The average Bonchev–Trinajstić information content (AvgIpc) is 2.86. The van der Waals surface area contributed by atoms with Gasteiger partial charge in [0.15, 0.2) is 6.29 Å². The van der Waals surface area contributed by atoms with E-state index in [1.807, 2.05) is 0 Å². The van der Waals surface area contributed by atoms with E-state index in [0.29, 0.717) is 0 Å². The van der Waals surface area contributed by atoms with E-state index in [1.165, 1.54) is 18.3 Å². The number of hydrogen-bond acceptors (Lipinski definition) is 3. The first-order chi connectivity index (χ1) is 8.93. The third kappa shape index (κ3) is 2.54. The standard InChI is InChI=1S/C12H7F3N2O2/c13-12(14,15)8-3-4-16-11(6-8)17-5-1-2-9(17)10(19)7-18/h1-7H. The number of pyridine rings is 1. The molecule has 2 heterocycles. The molecule has 2 aromatic heterocycles. The van der Waals surface area contributed by atoms with E-state index >= 15 is 0 Å². The smallest absolute Gasteiger partial charge is 0.298 e. The predicted octanol–water partition coefficient (Wildman–Crippen LogP) is 2.27. The Balaban J connectivity index is 2.51. The molecular weight excluding hydrogens is 261 g/mol. The molecular formula is C12H7F3N2O2. The Morgan fingerprint density at radius 1 is 1.32 bits per heavy atom. The van der Waals surface area contributed by atoms with Crippen molar-refractivity contribution in [2.75, 3.05) is 0 Å². The summed E-state index contributed by atoms with van der Waals surface area (Å²) in [5, 5.41) is 0. The van der Waals surface area contributed by atoms with Gasteiger partial charge in [-0.15, -0.1) is 0 Å². The van der Waals surface area contributed by atoms with Crippen molar-refractivity contribution in [1.82, 2.24) is 9.55 Å². The Morgan fingerprint density at radius 2 is 2.05 bits per heavy atom. The second-order valence-electron chi connectivity index (χ2n) is 3.65. The van der Waals surface area contributed by atoms with Crippen molar-refractivity contribution < 1.29 is 22.8 Å². The number of hydrogen-bond donors (Lipinski definition) is 0. The van der Waals surface area contributed by atoms with Gasteiger partial charge in [-0.2, -0.15) is 13.2 Å². The summed E-state index contributed by atoms with van der Waals surface area (Å²) < 4.78 is 38.9. The van der Waals surface area contributed by atoms with E-state index in [9.17, 15) is 22.8 Å². The molecule has 0 bridgehead atoms. The van der Waals surface area contributed by atoms with Crippen LogP contribution in [0, 0.1) is 0 Å². The van der Waals surface area contributed by atoms with E-state index in [4.69, 9.17) is 0 Å². The zero-order valence-electron chi connectivity index (χ0n) is 9.39. The van der Waals surface area contributed by atoms with Gasteiger partial charge in [-0.1, -0.05) is 0 Å². The van der Waals surface area contributed by atoms with Gasteiger partial charge >= 0.3 is 6.18 Å². The lowest BCUT2D eigenvalue weighted by Crippen LogP contribution is -2.11. The normalized spacial score (nSPS) is 11.3. The highest BCUT2D eigenvalue weighted by molar-refractivity contribution is 6.32. The number of aldehydes is 1. The first-order valence-electron chi connectivity index (χ1n) is 5.14. The lowest BCUT2D eigenvalue weighted by atomic mass is 10.2. The van der Waals surface area contributed by atoms with E-state index in [2.05, 4.69) is 4.98 Å². The molecule has 0 spiro atoms. The highest BCUT2D eigenvalue weighted by Gasteiger charge is 2.31. The highest BCUT2D eigenvalue weighted by Crippen LogP contribution is 2.29. The molecule has 0 aliphatic heterocycles. The summed E-state index contributed by atoms with van der Waals surface area (Å²) in [6.07, 6.45) is -2.05. The van der Waals surface area contributed by atoms with Crippen LogP contribution in [0.15, 0.2) is 36.7 Å². The third-order valence-electron chi connectivity index (χ3n) is 2.43. The molecule has 0 N–H and O–H groups in total. The molecule has 0 aliphatic carbocycles. The number of alkyl halides is 3. The second kappa shape index (κ2) is 4.68. The number of aromatic nitrogens is 2. The van der Waals surface area contributed by atoms with Crippen molar-refractivity contribution in [3.63, 3.8) is 0 Å². The molecule has 2 rings (SSSR count). The molecule has 0 atom stereocenters. The van der Waals surface area contributed by atoms with Gasteiger partial charge in [-0.3, -0.25) is 14.2 Å². The van der Waals surface area contributed by atoms with Crippen molar-refractivity contribution in [2.45, 2.75) is 6.18 Å². The first kappa shape index (κ1) is 13.0. The van der Waals surface area contributed by atoms with Crippen LogP contribution in [0.1, 0.15) is 16.1 Å². The van der Waals surface area contributed by atoms with Gasteiger partial charge in [-0.25, -0.2) is 4.98 Å². The maximum atomic E-state index is 12.6. The number of nitrogens with zero attached hydrogens (tertiary/aromatic N) is 2. The topological polar surface area (TPSA) is 52.0 Å². The Hall–Kier alpha value is -2.44. The molecule has 0 unspecified atom stereocenters. The van der Waals surface area contributed by atoms with E-state index in [1.54, 1.807) is 0 Å². The zero-order chi connectivity index (χ0) is 14.0. The summed E-state index contributed by atoms with van der Waals surface area (Å²) in [7, 11) is 0. The monoisotopic (exact) mass is 268 g/mol. The molecule has 98 valence electrons. The summed E-state index contributed by atoms with van der Waals surface area (Å²) in [6.45, 7) is 0. The molecule has 4 nitrogen and oxygen atoms in total. The van der Waals surface area contributed by atoms with Crippen molar-refractivity contribution >= 4 is 12.1 Å². The molecule has 0 radical (unpaired) electrons. The van der Waals surface area contributed by atoms with Gasteiger partial charge in [0.2, 0.25) is 5.78 Å². The maximum absolute atomic E-state index is 12.6. The number of Topliss-reactive ketones (excluding diaryl/α,β-unsaturated/α-hetero) is 1. The fourth-order valence-electron chi connectivity index (χ4n) is 1.57. The molecule has 0 amide bonds. The maximum Gasteiger partial charge on any atom is 0.416 e. The summed E-state index contributed by atoms with van der Waals surface area (Å²) >= 11 is 0. The first-order valence-corrected chi connectivity index (χ1v) is 5.14. The van der Waals surface area contributed by atoms with Crippen molar-refractivity contribution in [3.8, 4) is 5.82 Å². The molecule has 7 heteroatoms. The summed E-state index contributed by atoms with van der Waals surface area (Å²) in [6, 6.07) is 4.41. The van der Waals surface area contributed by atoms with Gasteiger partial charge in [0, 0.05) is 12.4 Å². The number of carbonyl (C=O) groups is 2. The number of carbonyl (C=O) groups excluding carboxylic acids is 2. The fraction of sp³-hybridized carbons (Fsp3) is 0.0833. The lowest BCUT2D eigenvalue weighted by molar-refractivity contribution is -0.137. The van der Waals surface area contributed by atoms with Crippen molar-refractivity contribution in [1.29, 1.82) is 0 Å². The minimum absolute atomic E-state index is 0.0400. The van der Waals surface area contributed by atoms with Gasteiger partial charge in [0.05, 0.1) is 11.3 Å². The number of halogens is 3. The predicted molar refractivity (Wildman–Crippen MR) is 59.0 cm³/mol. The molecule has 0 aromatic carbocycles. The average molecular weight is 268 g/mol. The number of rotatable bonds is 3. The Bertz CT molecular complexity index is 632. The van der Waals surface area contributed by atoms with Crippen LogP contribution in [0.3, 0.4) is 0 Å². The lowest BCUT2D eigenvalue weighted by Gasteiger charge is -2.10. The molecule has 2 aromatic rings. The summed E-state index contributed by atoms with van der Waals surface area (Å²) in [5.41, 5.74) is -0.919. The third-order valence-corrected chi connectivity index (χ3v) is 2.43. The quantitative estimate of drug-likeness (QED) is 0.487. The van der Waals surface area contributed by atoms with Crippen LogP contribution in [0.25, 0.3) is 5.82 Å². The van der Waals surface area contributed by atoms with Crippen LogP contribution >= 0.6 is 0 Å². The van der Waals surface area contributed by atoms with Crippen LogP contribution in [0.4, 0.5) is 13.2 Å². The SMILES string of the molecule is O=CC(=O)c1cccn1-c1cc(C(F)(F)F)ccn1. The largest absolute Gasteiger partial charge is 0.416 e. The molecule has 0 saturated heterocycles. The Kier molecular flexibility index (Phi) is 3.20. The molecule has 0 fully saturated rings. The fourth-order valence-corrected chi connectivity index (χ4v) is 1.57. The van der Waals surface area contributed by atoms with Gasteiger partial charge in [0.1, 0.15) is 5.82 Å². The second-order valence-corrected chi connectivity index (χ2v) is 3.65. The molecule has 0 aliphatic rings. The zero-order valence-corrected chi connectivity index (χ0v) is 9.39. The highest BCUT2D eigenvalue weighted by atomic mass is 19.4. The summed E-state index contributed by atoms with van der Waals surface area (Å²) in [4.78, 5) is 25.5. The van der Waals surface area contributed by atoms with Crippen LogP contribution in [0.5, 0.6) is 0 Å². The van der Waals surface area contributed by atoms with Gasteiger partial charge in [-0.05, 0) is 24.3 Å². The van der Waals surface area contributed by atoms with Crippen LogP contribution < -0.4 is 0 Å². The van der Waals surface area contributed by atoms with Gasteiger partial charge < -0.3 is 0 Å². The van der Waals surface area contributed by atoms with Crippen LogP contribution in [-0.2, 0) is 11.0 Å². The van der Waals surface area contributed by atoms with Gasteiger partial charge in [0.25, 0.3) is 0 Å². The van der Waals surface area contributed by atoms with Crippen molar-refractivity contribution in [3.05, 3.63) is 47.9 Å². The Morgan fingerprint density at radius 3 is 2.68 bits per heavy atom. The van der Waals surface area contributed by atoms with Crippen LogP contribution in [0.2, 0.25) is 0 Å². The molecule has 0 saturated carbocycles. The minimum Gasteiger partial charge on any atom is -0.298 e. The summed E-state index contributed by atoms with van der Waals surface area (Å²) in [5.74, 6) is -0.908. The van der Waals surface area contributed by atoms with E-state index < -0.39 is 17.5 Å². The molecule has 19 heavy (non-hydrogen) atoms. The van der Waals surface area contributed by atoms with E-state index in [0.717, 1.165) is 22.9 Å². The Labute approximate surface area is 105 Å².